The number of H-pyrrole nitrogens is 1. The van der Waals surface area contributed by atoms with Gasteiger partial charge >= 0.3 is 0 Å². The molecule has 0 aliphatic carbocycles. The smallest absolute Gasteiger partial charge is 0.120 e. The van der Waals surface area contributed by atoms with E-state index in [1.807, 2.05) is 6.20 Å². The number of nitrogens with zero attached hydrogens (tertiary/aromatic N) is 3. The van der Waals surface area contributed by atoms with Crippen LogP contribution in [0.4, 0.5) is 5.69 Å². The topological polar surface area (TPSA) is 35.2 Å². The Labute approximate surface area is 126 Å². The van der Waals surface area contributed by atoms with Gasteiger partial charge in [-0.15, -0.1) is 0 Å². The van der Waals surface area contributed by atoms with Crippen LogP contribution in [-0.2, 0) is 6.54 Å². The minimum atomic E-state index is 0.925. The van der Waals surface area contributed by atoms with Gasteiger partial charge in [0.25, 0.3) is 0 Å². The molecule has 112 valence electrons. The number of piperazine rings is 1. The summed E-state index contributed by atoms with van der Waals surface area (Å²) in [6, 6.07) is 6.74. The van der Waals surface area contributed by atoms with E-state index in [1.165, 1.54) is 16.8 Å². The fourth-order valence-electron chi connectivity index (χ4n) is 3.07. The van der Waals surface area contributed by atoms with Gasteiger partial charge in [-0.3, -0.25) is 4.90 Å². The quantitative estimate of drug-likeness (QED) is 0.941. The highest BCUT2D eigenvalue weighted by Gasteiger charge is 2.19. The van der Waals surface area contributed by atoms with Gasteiger partial charge in [0.1, 0.15) is 5.82 Å². The van der Waals surface area contributed by atoms with Crippen molar-refractivity contribution in [3.05, 3.63) is 47.0 Å². The highest BCUT2D eigenvalue weighted by molar-refractivity contribution is 5.54. The molecule has 4 nitrogen and oxygen atoms in total. The Balaban J connectivity index is 1.59. The minimum absolute atomic E-state index is 0.925. The summed E-state index contributed by atoms with van der Waals surface area (Å²) in [7, 11) is 0. The second-order valence-electron chi connectivity index (χ2n) is 6.07. The standard InChI is InChI=1S/C17H24N4/c1-13-4-5-16(14(2)10-13)21-8-6-20(7-9-21)12-17-18-11-15(3)19-17/h4-5,10-11H,6-9,12H2,1-3H3,(H,18,19). The van der Waals surface area contributed by atoms with Crippen LogP contribution in [0, 0.1) is 20.8 Å². The van der Waals surface area contributed by atoms with E-state index in [-0.39, 0.29) is 0 Å². The SMILES string of the molecule is Cc1ccc(N2CCN(Cc3ncc(C)[nH]3)CC2)c(C)c1. The fraction of sp³-hybridized carbons (Fsp3) is 0.471. The number of hydrogen-bond donors (Lipinski definition) is 1. The average molecular weight is 284 g/mol. The summed E-state index contributed by atoms with van der Waals surface area (Å²) in [5.74, 6) is 1.08. The first kappa shape index (κ1) is 14.1. The molecule has 0 spiro atoms. The van der Waals surface area contributed by atoms with Gasteiger partial charge in [-0.2, -0.15) is 0 Å². The molecule has 1 aromatic carbocycles. The maximum atomic E-state index is 4.40. The van der Waals surface area contributed by atoms with Crippen molar-refractivity contribution in [2.75, 3.05) is 31.1 Å². The van der Waals surface area contributed by atoms with E-state index in [0.29, 0.717) is 0 Å². The first-order valence-corrected chi connectivity index (χ1v) is 7.67. The van der Waals surface area contributed by atoms with Crippen molar-refractivity contribution >= 4 is 5.69 Å². The second kappa shape index (κ2) is 5.90. The lowest BCUT2D eigenvalue weighted by Crippen LogP contribution is -2.46. The van der Waals surface area contributed by atoms with Crippen molar-refractivity contribution in [3.63, 3.8) is 0 Å². The third-order valence-electron chi connectivity index (χ3n) is 4.19. The number of imidazole rings is 1. The Morgan fingerprint density at radius 2 is 1.86 bits per heavy atom. The summed E-state index contributed by atoms with van der Waals surface area (Å²) in [5, 5.41) is 0. The number of aromatic amines is 1. The molecule has 1 aliphatic heterocycles. The molecule has 2 aromatic rings. The highest BCUT2D eigenvalue weighted by atomic mass is 15.3. The van der Waals surface area contributed by atoms with Crippen LogP contribution >= 0.6 is 0 Å². The van der Waals surface area contributed by atoms with Crippen LogP contribution in [0.2, 0.25) is 0 Å². The van der Waals surface area contributed by atoms with Crippen LogP contribution in [0.15, 0.2) is 24.4 Å². The lowest BCUT2D eigenvalue weighted by molar-refractivity contribution is 0.244. The summed E-state index contributed by atoms with van der Waals surface area (Å²) >= 11 is 0. The van der Waals surface area contributed by atoms with Crippen molar-refractivity contribution in [2.45, 2.75) is 27.3 Å². The van der Waals surface area contributed by atoms with Crippen LogP contribution in [-0.4, -0.2) is 41.0 Å². The summed E-state index contributed by atoms with van der Waals surface area (Å²) in [6.45, 7) is 11.7. The molecule has 0 amide bonds. The molecule has 21 heavy (non-hydrogen) atoms. The fourth-order valence-corrected chi connectivity index (χ4v) is 3.07. The Morgan fingerprint density at radius 3 is 2.48 bits per heavy atom. The Morgan fingerprint density at radius 1 is 1.10 bits per heavy atom. The van der Waals surface area contributed by atoms with Gasteiger partial charge < -0.3 is 9.88 Å². The molecular formula is C17H24N4. The van der Waals surface area contributed by atoms with Gasteiger partial charge in [0.15, 0.2) is 0 Å². The predicted molar refractivity (Wildman–Crippen MR) is 86.7 cm³/mol. The first-order valence-electron chi connectivity index (χ1n) is 7.67. The molecule has 1 aliphatic rings. The molecule has 0 atom stereocenters. The Kier molecular flexibility index (Phi) is 3.97. The Hall–Kier alpha value is -1.81. The van der Waals surface area contributed by atoms with Crippen LogP contribution in [0.25, 0.3) is 0 Å². The van der Waals surface area contributed by atoms with Crippen LogP contribution in [0.5, 0.6) is 0 Å². The molecule has 1 fully saturated rings. The third-order valence-corrected chi connectivity index (χ3v) is 4.19. The zero-order valence-corrected chi connectivity index (χ0v) is 13.2. The van der Waals surface area contributed by atoms with E-state index in [2.05, 4.69) is 58.7 Å². The lowest BCUT2D eigenvalue weighted by Gasteiger charge is -2.36. The van der Waals surface area contributed by atoms with Crippen LogP contribution in [0.1, 0.15) is 22.6 Å². The molecular weight excluding hydrogens is 260 g/mol. The van der Waals surface area contributed by atoms with E-state index < -0.39 is 0 Å². The zero-order chi connectivity index (χ0) is 14.8. The van der Waals surface area contributed by atoms with Gasteiger partial charge in [-0.1, -0.05) is 17.7 Å². The molecule has 3 rings (SSSR count). The summed E-state index contributed by atoms with van der Waals surface area (Å²) in [4.78, 5) is 12.7. The zero-order valence-electron chi connectivity index (χ0n) is 13.2. The number of aromatic nitrogens is 2. The summed E-state index contributed by atoms with van der Waals surface area (Å²) < 4.78 is 0. The highest BCUT2D eigenvalue weighted by Crippen LogP contribution is 2.22. The van der Waals surface area contributed by atoms with Gasteiger partial charge in [-0.05, 0) is 32.4 Å². The van der Waals surface area contributed by atoms with Gasteiger partial charge in [0, 0.05) is 43.8 Å². The largest absolute Gasteiger partial charge is 0.369 e. The van der Waals surface area contributed by atoms with Gasteiger partial charge in [0.05, 0.1) is 6.54 Å². The number of hydrogen-bond acceptors (Lipinski definition) is 3. The molecule has 1 N–H and O–H groups in total. The molecule has 1 aromatic heterocycles. The van der Waals surface area contributed by atoms with E-state index in [4.69, 9.17) is 0 Å². The second-order valence-corrected chi connectivity index (χ2v) is 6.07. The molecule has 2 heterocycles. The number of rotatable bonds is 3. The molecule has 0 radical (unpaired) electrons. The van der Waals surface area contributed by atoms with E-state index in [0.717, 1.165) is 44.2 Å². The maximum Gasteiger partial charge on any atom is 0.120 e. The van der Waals surface area contributed by atoms with E-state index in [1.54, 1.807) is 0 Å². The third kappa shape index (κ3) is 3.27. The van der Waals surface area contributed by atoms with Crippen LogP contribution in [0.3, 0.4) is 0 Å². The Bertz CT molecular complexity index is 609. The number of benzene rings is 1. The number of aryl methyl sites for hydroxylation is 3. The summed E-state index contributed by atoms with van der Waals surface area (Å²) in [5.41, 5.74) is 5.24. The van der Waals surface area contributed by atoms with E-state index in [9.17, 15) is 0 Å². The minimum Gasteiger partial charge on any atom is -0.369 e. The van der Waals surface area contributed by atoms with Crippen molar-refractivity contribution in [2.24, 2.45) is 0 Å². The van der Waals surface area contributed by atoms with Crippen LogP contribution < -0.4 is 4.90 Å². The molecule has 0 unspecified atom stereocenters. The van der Waals surface area contributed by atoms with Crippen molar-refractivity contribution < 1.29 is 0 Å². The van der Waals surface area contributed by atoms with Gasteiger partial charge in [0.2, 0.25) is 0 Å². The monoisotopic (exact) mass is 284 g/mol. The lowest BCUT2D eigenvalue weighted by atomic mass is 10.1. The van der Waals surface area contributed by atoms with Gasteiger partial charge in [-0.25, -0.2) is 4.98 Å². The van der Waals surface area contributed by atoms with Crippen molar-refractivity contribution in [3.8, 4) is 0 Å². The molecule has 1 saturated heterocycles. The molecule has 0 saturated carbocycles. The average Bonchev–Trinajstić information content (AvgIpc) is 2.85. The normalized spacial score (nSPS) is 16.4. The van der Waals surface area contributed by atoms with Crippen molar-refractivity contribution in [1.29, 1.82) is 0 Å². The molecule has 0 bridgehead atoms. The maximum absolute atomic E-state index is 4.40. The first-order chi connectivity index (χ1) is 10.1. The molecule has 4 heteroatoms. The van der Waals surface area contributed by atoms with Crippen molar-refractivity contribution in [1.82, 2.24) is 14.9 Å². The van der Waals surface area contributed by atoms with E-state index >= 15 is 0 Å². The predicted octanol–water partition coefficient (Wildman–Crippen LogP) is 2.66. The summed E-state index contributed by atoms with van der Waals surface area (Å²) in [6.07, 6.45) is 1.90. The number of anilines is 1. The number of nitrogens with one attached hydrogen (secondary N) is 1.